The third kappa shape index (κ3) is 2.95. The predicted octanol–water partition coefficient (Wildman–Crippen LogP) is 2.60. The highest BCUT2D eigenvalue weighted by Gasteiger charge is 2.33. The largest absolute Gasteiger partial charge is 0.418 e. The van der Waals surface area contributed by atoms with Crippen LogP contribution in [0.3, 0.4) is 0 Å². The second kappa shape index (κ2) is 6.40. The van der Waals surface area contributed by atoms with E-state index in [4.69, 9.17) is 4.42 Å². The van der Waals surface area contributed by atoms with Crippen LogP contribution in [0.1, 0.15) is 47.2 Å². The average molecular weight is 358 g/mol. The molecule has 3 aromatic rings. The van der Waals surface area contributed by atoms with Gasteiger partial charge in [0.15, 0.2) is 0 Å². The molecule has 4 heterocycles. The number of likely N-dealkylation sites (tertiary alicyclic amines) is 1. The normalized spacial score (nSPS) is 17.8. The van der Waals surface area contributed by atoms with Crippen LogP contribution in [0.4, 0.5) is 0 Å². The van der Waals surface area contributed by atoms with E-state index in [2.05, 4.69) is 20.3 Å². The van der Waals surface area contributed by atoms with E-state index in [9.17, 15) is 4.79 Å². The van der Waals surface area contributed by atoms with E-state index in [1.165, 1.54) is 11.3 Å². The SMILES string of the molecule is Cc1ncsc1-c1nnc([C@@H]2CCCCN2C(=O)c2cnn(C)c2)o1. The van der Waals surface area contributed by atoms with Gasteiger partial charge < -0.3 is 9.32 Å². The highest BCUT2D eigenvalue weighted by Crippen LogP contribution is 2.34. The van der Waals surface area contributed by atoms with Crippen molar-refractivity contribution in [2.45, 2.75) is 32.2 Å². The van der Waals surface area contributed by atoms with Crippen LogP contribution < -0.4 is 0 Å². The zero-order valence-corrected chi connectivity index (χ0v) is 14.9. The zero-order valence-electron chi connectivity index (χ0n) is 14.0. The molecule has 0 radical (unpaired) electrons. The number of hydrogen-bond donors (Lipinski definition) is 0. The van der Waals surface area contributed by atoms with Gasteiger partial charge in [-0.25, -0.2) is 4.98 Å². The maximum absolute atomic E-state index is 12.9. The average Bonchev–Trinajstić information content (AvgIpc) is 3.35. The molecular weight excluding hydrogens is 340 g/mol. The summed E-state index contributed by atoms with van der Waals surface area (Å²) >= 11 is 1.47. The lowest BCUT2D eigenvalue weighted by Gasteiger charge is -2.33. The second-order valence-electron chi connectivity index (χ2n) is 6.13. The number of piperidine rings is 1. The fourth-order valence-corrected chi connectivity index (χ4v) is 3.82. The number of hydrogen-bond acceptors (Lipinski definition) is 7. The zero-order chi connectivity index (χ0) is 17.4. The van der Waals surface area contributed by atoms with E-state index >= 15 is 0 Å². The monoisotopic (exact) mass is 358 g/mol. The summed E-state index contributed by atoms with van der Waals surface area (Å²) in [7, 11) is 1.80. The fourth-order valence-electron chi connectivity index (χ4n) is 3.10. The molecule has 1 fully saturated rings. The molecule has 1 amide bonds. The number of carbonyl (C=O) groups is 1. The molecule has 1 aliphatic heterocycles. The Morgan fingerprint density at radius 3 is 2.96 bits per heavy atom. The number of amides is 1. The van der Waals surface area contributed by atoms with E-state index < -0.39 is 0 Å². The van der Waals surface area contributed by atoms with Crippen LogP contribution in [0.25, 0.3) is 10.8 Å². The van der Waals surface area contributed by atoms with Gasteiger partial charge in [0.05, 0.1) is 23.0 Å². The van der Waals surface area contributed by atoms with Crippen molar-refractivity contribution in [2.75, 3.05) is 6.54 Å². The predicted molar refractivity (Wildman–Crippen MR) is 91.0 cm³/mol. The number of rotatable bonds is 3. The van der Waals surface area contributed by atoms with Gasteiger partial charge in [-0.05, 0) is 26.2 Å². The summed E-state index contributed by atoms with van der Waals surface area (Å²) in [5, 5.41) is 12.5. The molecule has 1 aliphatic rings. The molecule has 9 heteroatoms. The van der Waals surface area contributed by atoms with Gasteiger partial charge in [-0.3, -0.25) is 9.48 Å². The summed E-state index contributed by atoms with van der Waals surface area (Å²) in [6.07, 6.45) is 6.13. The Balaban J connectivity index is 1.62. The first-order chi connectivity index (χ1) is 12.1. The van der Waals surface area contributed by atoms with E-state index in [-0.39, 0.29) is 11.9 Å². The first-order valence-corrected chi connectivity index (χ1v) is 9.05. The van der Waals surface area contributed by atoms with Crippen molar-refractivity contribution in [3.63, 3.8) is 0 Å². The van der Waals surface area contributed by atoms with Crippen LogP contribution in [0.5, 0.6) is 0 Å². The van der Waals surface area contributed by atoms with Gasteiger partial charge in [0.2, 0.25) is 5.89 Å². The van der Waals surface area contributed by atoms with Crippen LogP contribution in [0.2, 0.25) is 0 Å². The lowest BCUT2D eigenvalue weighted by Crippen LogP contribution is -2.38. The quantitative estimate of drug-likeness (QED) is 0.715. The smallest absolute Gasteiger partial charge is 0.259 e. The minimum atomic E-state index is -0.198. The molecule has 0 aromatic carbocycles. The number of aromatic nitrogens is 5. The topological polar surface area (TPSA) is 89.9 Å². The molecule has 0 saturated carbocycles. The Hall–Kier alpha value is -2.55. The van der Waals surface area contributed by atoms with E-state index in [0.717, 1.165) is 29.8 Å². The first-order valence-electron chi connectivity index (χ1n) is 8.17. The van der Waals surface area contributed by atoms with Crippen LogP contribution in [0.15, 0.2) is 22.3 Å². The lowest BCUT2D eigenvalue weighted by atomic mass is 10.0. The van der Waals surface area contributed by atoms with Crippen molar-refractivity contribution in [3.05, 3.63) is 35.1 Å². The van der Waals surface area contributed by atoms with Crippen LogP contribution >= 0.6 is 11.3 Å². The van der Waals surface area contributed by atoms with Gasteiger partial charge in [0.1, 0.15) is 10.9 Å². The highest BCUT2D eigenvalue weighted by molar-refractivity contribution is 7.13. The van der Waals surface area contributed by atoms with Crippen molar-refractivity contribution in [3.8, 4) is 10.8 Å². The molecule has 0 spiro atoms. The molecule has 25 heavy (non-hydrogen) atoms. The second-order valence-corrected chi connectivity index (χ2v) is 6.98. The molecule has 0 bridgehead atoms. The standard InChI is InChI=1S/C16H18N6O2S/c1-10-13(25-9-17-10)15-20-19-14(24-15)12-5-3-4-6-22(12)16(23)11-7-18-21(2)8-11/h7-9,12H,3-6H2,1-2H3/t12-/m0/s1. The van der Waals surface area contributed by atoms with Crippen LogP contribution in [0, 0.1) is 6.92 Å². The van der Waals surface area contributed by atoms with Crippen LogP contribution in [-0.4, -0.2) is 42.3 Å². The first kappa shape index (κ1) is 15.9. The van der Waals surface area contributed by atoms with Gasteiger partial charge in [0, 0.05) is 19.8 Å². The maximum Gasteiger partial charge on any atom is 0.259 e. The number of carbonyl (C=O) groups excluding carboxylic acids is 1. The molecule has 0 N–H and O–H groups in total. The summed E-state index contributed by atoms with van der Waals surface area (Å²) in [4.78, 5) is 19.8. The third-order valence-corrected chi connectivity index (χ3v) is 5.30. The number of aryl methyl sites for hydroxylation is 2. The molecule has 1 saturated heterocycles. The summed E-state index contributed by atoms with van der Waals surface area (Å²) < 4.78 is 7.53. The van der Waals surface area contributed by atoms with Gasteiger partial charge in [-0.1, -0.05) is 0 Å². The van der Waals surface area contributed by atoms with Crippen molar-refractivity contribution in [1.29, 1.82) is 0 Å². The Labute approximate surface area is 148 Å². The molecule has 0 unspecified atom stereocenters. The van der Waals surface area contributed by atoms with Crippen molar-refractivity contribution in [2.24, 2.45) is 7.05 Å². The third-order valence-electron chi connectivity index (χ3n) is 4.38. The molecule has 130 valence electrons. The molecular formula is C16H18N6O2S. The molecule has 0 aliphatic carbocycles. The highest BCUT2D eigenvalue weighted by atomic mass is 32.1. The van der Waals surface area contributed by atoms with Gasteiger partial charge >= 0.3 is 0 Å². The Morgan fingerprint density at radius 1 is 1.36 bits per heavy atom. The Kier molecular flexibility index (Phi) is 4.08. The fraction of sp³-hybridized carbons (Fsp3) is 0.438. The van der Waals surface area contributed by atoms with E-state index in [0.29, 0.717) is 23.9 Å². The Bertz CT molecular complexity index is 898. The van der Waals surface area contributed by atoms with Gasteiger partial charge in [-0.15, -0.1) is 21.5 Å². The number of thiazole rings is 1. The molecule has 1 atom stereocenters. The van der Waals surface area contributed by atoms with E-state index in [1.54, 1.807) is 29.6 Å². The Morgan fingerprint density at radius 2 is 2.24 bits per heavy atom. The molecule has 4 rings (SSSR count). The van der Waals surface area contributed by atoms with Crippen LogP contribution in [-0.2, 0) is 7.05 Å². The van der Waals surface area contributed by atoms with Crippen molar-refractivity contribution < 1.29 is 9.21 Å². The summed E-state index contributed by atoms with van der Waals surface area (Å²) in [5.74, 6) is 0.903. The summed E-state index contributed by atoms with van der Waals surface area (Å²) in [6, 6.07) is -0.198. The van der Waals surface area contributed by atoms with Gasteiger partial charge in [0.25, 0.3) is 11.8 Å². The molecule has 3 aromatic heterocycles. The lowest BCUT2D eigenvalue weighted by molar-refractivity contribution is 0.0572. The van der Waals surface area contributed by atoms with E-state index in [1.807, 2.05) is 11.8 Å². The minimum Gasteiger partial charge on any atom is -0.418 e. The maximum atomic E-state index is 12.9. The summed E-state index contributed by atoms with van der Waals surface area (Å²) in [6.45, 7) is 2.59. The van der Waals surface area contributed by atoms with Crippen molar-refractivity contribution in [1.82, 2.24) is 29.9 Å². The summed E-state index contributed by atoms with van der Waals surface area (Å²) in [5.41, 5.74) is 3.20. The van der Waals surface area contributed by atoms with Crippen molar-refractivity contribution >= 4 is 17.2 Å². The minimum absolute atomic E-state index is 0.0495. The van der Waals surface area contributed by atoms with Gasteiger partial charge in [-0.2, -0.15) is 5.10 Å². The molecule has 8 nitrogen and oxygen atoms in total. The number of nitrogens with zero attached hydrogens (tertiary/aromatic N) is 6.